The molecule has 0 bridgehead atoms. The lowest BCUT2D eigenvalue weighted by Crippen LogP contribution is -2.38. The van der Waals surface area contributed by atoms with Crippen LogP contribution in [0.15, 0.2) is 0 Å². The van der Waals surface area contributed by atoms with Crippen LogP contribution in [-0.4, -0.2) is 84.5 Å². The van der Waals surface area contributed by atoms with Gasteiger partial charge in [0.15, 0.2) is 0 Å². The van der Waals surface area contributed by atoms with Crippen molar-refractivity contribution in [2.45, 2.75) is 0 Å². The van der Waals surface area contributed by atoms with E-state index in [1.165, 1.54) is 7.11 Å². The molecule has 8 nitrogen and oxygen atoms in total. The van der Waals surface area contributed by atoms with Crippen LogP contribution < -0.4 is 0 Å². The van der Waals surface area contributed by atoms with Crippen LogP contribution in [0.1, 0.15) is 0 Å². The van der Waals surface area contributed by atoms with E-state index < -0.39 is 23.1 Å². The second-order valence-corrected chi connectivity index (χ2v) is 10.1. The number of hydrogen-bond acceptors (Lipinski definition) is 10. The molecule has 1 saturated heterocycles. The van der Waals surface area contributed by atoms with Crippen LogP contribution in [0.5, 0.6) is 0 Å². The molecule has 0 unspecified atom stereocenters. The summed E-state index contributed by atoms with van der Waals surface area (Å²) in [5.74, 6) is 1.36. The van der Waals surface area contributed by atoms with Crippen molar-refractivity contribution in [3.8, 4) is 0 Å². The number of carbonyl (C=O) groups is 2. The number of ether oxygens (including phenoxy) is 5. The third-order valence-electron chi connectivity index (χ3n) is 3.71. The summed E-state index contributed by atoms with van der Waals surface area (Å²) in [5.41, 5.74) is -0.943. The number of methoxy groups -OCH3 is 1. The zero-order valence-electron chi connectivity index (χ0n) is 14.9. The maximum Gasteiger partial charge on any atom is 0.508 e. The van der Waals surface area contributed by atoms with E-state index in [9.17, 15) is 14.7 Å². The summed E-state index contributed by atoms with van der Waals surface area (Å²) in [5, 5.41) is 9.52. The minimum Gasteiger partial charge on any atom is -0.434 e. The molecule has 1 fully saturated rings. The van der Waals surface area contributed by atoms with Gasteiger partial charge in [-0.05, 0) is 0 Å². The van der Waals surface area contributed by atoms with E-state index in [0.29, 0.717) is 27.0 Å². The molecule has 27 heavy (non-hydrogen) atoms. The van der Waals surface area contributed by atoms with Crippen LogP contribution in [-0.2, 0) is 23.7 Å². The molecular formula is C15H24I2O8S2. The van der Waals surface area contributed by atoms with Gasteiger partial charge in [0.05, 0.1) is 18.6 Å². The van der Waals surface area contributed by atoms with Gasteiger partial charge in [0.1, 0.15) is 26.4 Å². The Bertz CT molecular complexity index is 451. The molecule has 1 N–H and O–H groups in total. The molecule has 0 spiro atoms. The second kappa shape index (κ2) is 13.8. The van der Waals surface area contributed by atoms with Crippen LogP contribution >= 0.6 is 66.8 Å². The third kappa shape index (κ3) is 9.31. The van der Waals surface area contributed by atoms with Gasteiger partial charge in [0.25, 0.3) is 0 Å². The monoisotopic (exact) mass is 650 g/mol. The van der Waals surface area contributed by atoms with E-state index in [4.69, 9.17) is 23.7 Å². The maximum absolute atomic E-state index is 12.0. The quantitative estimate of drug-likeness (QED) is 0.112. The zero-order chi connectivity index (χ0) is 20.2. The van der Waals surface area contributed by atoms with E-state index in [-0.39, 0.29) is 33.0 Å². The van der Waals surface area contributed by atoms with Gasteiger partial charge in [-0.3, -0.25) is 0 Å². The van der Waals surface area contributed by atoms with Gasteiger partial charge in [-0.1, -0.05) is 66.8 Å². The largest absolute Gasteiger partial charge is 0.508 e. The molecule has 0 atom stereocenters. The first kappa shape index (κ1) is 25.7. The molecule has 0 aromatic rings. The molecule has 0 aromatic carbocycles. The Morgan fingerprint density at radius 3 is 2.04 bits per heavy atom. The summed E-state index contributed by atoms with van der Waals surface area (Å²) in [6.45, 7) is 0.612. The first-order chi connectivity index (χ1) is 12.9. The number of hydrogen-bond donors (Lipinski definition) is 1. The average Bonchev–Trinajstić information content (AvgIpc) is 3.16. The summed E-state index contributed by atoms with van der Waals surface area (Å²) < 4.78 is 26.6. The topological polar surface area (TPSA) is 101 Å². The lowest BCUT2D eigenvalue weighted by Gasteiger charge is -2.28. The zero-order valence-corrected chi connectivity index (χ0v) is 20.9. The Labute approximate surface area is 194 Å². The van der Waals surface area contributed by atoms with Gasteiger partial charge < -0.3 is 28.8 Å². The van der Waals surface area contributed by atoms with Crippen molar-refractivity contribution in [3.05, 3.63) is 0 Å². The summed E-state index contributed by atoms with van der Waals surface area (Å²) in [7, 11) is 4.78. The highest BCUT2D eigenvalue weighted by Crippen LogP contribution is 2.43. The predicted octanol–water partition coefficient (Wildman–Crippen LogP) is 3.17. The SMILES string of the molecule is COCCOC(=O)OCC1(COC(=O)OCC(CO)(CI)CI)CSSC1. The van der Waals surface area contributed by atoms with Crippen molar-refractivity contribution in [1.29, 1.82) is 0 Å². The highest BCUT2D eigenvalue weighted by atomic mass is 127. The summed E-state index contributed by atoms with van der Waals surface area (Å²) in [6.07, 6.45) is -1.56. The fourth-order valence-corrected chi connectivity index (χ4v) is 7.58. The molecule has 158 valence electrons. The third-order valence-corrected chi connectivity index (χ3v) is 9.78. The Morgan fingerprint density at radius 1 is 1.00 bits per heavy atom. The molecule has 0 amide bonds. The molecule has 1 aliphatic heterocycles. The highest BCUT2D eigenvalue weighted by Gasteiger charge is 2.39. The Balaban J connectivity index is 2.43. The first-order valence-corrected chi connectivity index (χ1v) is 13.5. The normalized spacial score (nSPS) is 16.0. The Kier molecular flexibility index (Phi) is 13.1. The number of aliphatic hydroxyl groups is 1. The number of carbonyl (C=O) groups excluding carboxylic acids is 2. The maximum atomic E-state index is 12.0. The minimum atomic E-state index is -0.786. The molecule has 0 aliphatic carbocycles. The lowest BCUT2D eigenvalue weighted by molar-refractivity contribution is -0.0173. The van der Waals surface area contributed by atoms with Crippen molar-refractivity contribution >= 4 is 79.1 Å². The van der Waals surface area contributed by atoms with Crippen molar-refractivity contribution in [2.75, 3.05) is 67.1 Å². The molecule has 1 rings (SSSR count). The number of rotatable bonds is 12. The van der Waals surface area contributed by atoms with Crippen LogP contribution in [0.4, 0.5) is 9.59 Å². The summed E-state index contributed by atoms with van der Waals surface area (Å²) >= 11 is 4.32. The van der Waals surface area contributed by atoms with E-state index in [0.717, 1.165) is 0 Å². The standard InChI is InChI=1S/C15H24I2O8S2/c1-21-2-3-22-12(19)24-8-15(10-26-27-11-15)9-25-13(20)23-7-14(4-16,5-17)6-18/h18H,2-11H2,1H3. The van der Waals surface area contributed by atoms with Gasteiger partial charge in [-0.15, -0.1) is 0 Å². The van der Waals surface area contributed by atoms with Crippen LogP contribution in [0.2, 0.25) is 0 Å². The van der Waals surface area contributed by atoms with Crippen molar-refractivity contribution < 1.29 is 38.4 Å². The summed E-state index contributed by atoms with van der Waals surface area (Å²) in [4.78, 5) is 23.6. The fraction of sp³-hybridized carbons (Fsp3) is 0.867. The average molecular weight is 650 g/mol. The second-order valence-electron chi connectivity index (χ2n) is 6.16. The smallest absolute Gasteiger partial charge is 0.434 e. The summed E-state index contributed by atoms with van der Waals surface area (Å²) in [6, 6.07) is 0. The van der Waals surface area contributed by atoms with Crippen molar-refractivity contribution in [3.63, 3.8) is 0 Å². The van der Waals surface area contributed by atoms with E-state index in [1.807, 2.05) is 0 Å². The Hall–Kier alpha value is 0.620. The van der Waals surface area contributed by atoms with Crippen molar-refractivity contribution in [1.82, 2.24) is 0 Å². The van der Waals surface area contributed by atoms with Gasteiger partial charge >= 0.3 is 12.3 Å². The minimum absolute atomic E-state index is 0.0671. The molecule has 1 aliphatic rings. The fourth-order valence-electron chi connectivity index (χ4n) is 1.75. The number of alkyl halides is 2. The van der Waals surface area contributed by atoms with E-state index in [1.54, 1.807) is 21.6 Å². The van der Waals surface area contributed by atoms with Gasteiger partial charge in [-0.2, -0.15) is 0 Å². The van der Waals surface area contributed by atoms with E-state index >= 15 is 0 Å². The highest BCUT2D eigenvalue weighted by molar-refractivity contribution is 14.1. The number of aliphatic hydroxyl groups excluding tert-OH is 1. The van der Waals surface area contributed by atoms with Crippen LogP contribution in [0.25, 0.3) is 0 Å². The molecule has 1 heterocycles. The van der Waals surface area contributed by atoms with Crippen molar-refractivity contribution in [2.24, 2.45) is 10.8 Å². The van der Waals surface area contributed by atoms with Gasteiger partial charge in [0.2, 0.25) is 0 Å². The van der Waals surface area contributed by atoms with Crippen LogP contribution in [0, 0.1) is 10.8 Å². The molecule has 0 radical (unpaired) electrons. The Morgan fingerprint density at radius 2 is 1.56 bits per heavy atom. The molecule has 0 aromatic heterocycles. The van der Waals surface area contributed by atoms with Gasteiger partial charge in [-0.25, -0.2) is 9.59 Å². The van der Waals surface area contributed by atoms with E-state index in [2.05, 4.69) is 45.2 Å². The lowest BCUT2D eigenvalue weighted by atomic mass is 9.95. The van der Waals surface area contributed by atoms with Gasteiger partial charge in [0, 0.05) is 32.9 Å². The first-order valence-electron chi connectivity index (χ1n) is 8.00. The molecule has 0 saturated carbocycles. The molecule has 12 heteroatoms. The predicted molar refractivity (Wildman–Crippen MR) is 121 cm³/mol. The number of halogens is 2. The molecular weight excluding hydrogens is 626 g/mol. The van der Waals surface area contributed by atoms with Crippen LogP contribution in [0.3, 0.4) is 0 Å².